The molecular formula is C16H18FN3O6S. The smallest absolute Gasteiger partial charge is 0.324 e. The number of benzene rings is 1. The van der Waals surface area contributed by atoms with Crippen LogP contribution in [0.3, 0.4) is 0 Å². The van der Waals surface area contributed by atoms with Crippen LogP contribution >= 0.6 is 0 Å². The first-order chi connectivity index (χ1) is 12.6. The summed E-state index contributed by atoms with van der Waals surface area (Å²) in [5, 5.41) is 5.90. The van der Waals surface area contributed by atoms with Crippen LogP contribution in [0.5, 0.6) is 0 Å². The summed E-state index contributed by atoms with van der Waals surface area (Å²) in [6.07, 6.45) is 0. The van der Waals surface area contributed by atoms with Crippen molar-refractivity contribution in [2.45, 2.75) is 31.7 Å². The lowest BCUT2D eigenvalue weighted by molar-refractivity contribution is -0.148. The van der Waals surface area contributed by atoms with Crippen molar-refractivity contribution >= 4 is 27.6 Å². The third kappa shape index (κ3) is 5.34. The van der Waals surface area contributed by atoms with Crippen molar-refractivity contribution in [2.24, 2.45) is 0 Å². The predicted molar refractivity (Wildman–Crippen MR) is 91.7 cm³/mol. The summed E-state index contributed by atoms with van der Waals surface area (Å²) in [6.45, 7) is 3.48. The van der Waals surface area contributed by atoms with Crippen LogP contribution in [-0.2, 0) is 24.3 Å². The van der Waals surface area contributed by atoms with Gasteiger partial charge >= 0.3 is 5.97 Å². The fourth-order valence-electron chi connectivity index (χ4n) is 2.22. The number of carbonyl (C=O) groups is 2. The first-order valence-electron chi connectivity index (χ1n) is 7.77. The van der Waals surface area contributed by atoms with E-state index < -0.39 is 40.4 Å². The van der Waals surface area contributed by atoms with E-state index in [9.17, 15) is 22.4 Å². The standard InChI is InChI=1S/C16H18FN3O6S/c1-9-15(11(3)26-19-9)27(23,24)20-10(2)16(22)25-8-14(21)18-13-6-4-5-12(17)7-13/h4-7,10,20H,8H2,1-3H3,(H,18,21)/t10-/m0/s1. The lowest BCUT2D eigenvalue weighted by Gasteiger charge is -2.13. The molecule has 9 nitrogen and oxygen atoms in total. The molecule has 0 saturated heterocycles. The van der Waals surface area contributed by atoms with Crippen molar-refractivity contribution in [3.8, 4) is 0 Å². The van der Waals surface area contributed by atoms with Crippen molar-refractivity contribution in [3.63, 3.8) is 0 Å². The zero-order chi connectivity index (χ0) is 20.2. The minimum absolute atomic E-state index is 0.0787. The number of hydrogen-bond acceptors (Lipinski definition) is 7. The van der Waals surface area contributed by atoms with Crippen LogP contribution in [0.25, 0.3) is 0 Å². The molecule has 2 aromatic rings. The van der Waals surface area contributed by atoms with Crippen molar-refractivity contribution in [3.05, 3.63) is 41.5 Å². The third-order valence-electron chi connectivity index (χ3n) is 3.38. The lowest BCUT2D eigenvalue weighted by atomic mass is 10.3. The van der Waals surface area contributed by atoms with Gasteiger partial charge in [-0.1, -0.05) is 11.2 Å². The highest BCUT2D eigenvalue weighted by Crippen LogP contribution is 2.19. The quantitative estimate of drug-likeness (QED) is 0.671. The normalized spacial score (nSPS) is 12.4. The zero-order valence-electron chi connectivity index (χ0n) is 14.8. The van der Waals surface area contributed by atoms with Crippen molar-refractivity contribution in [2.75, 3.05) is 11.9 Å². The molecule has 146 valence electrons. The number of carbonyl (C=O) groups excluding carboxylic acids is 2. The van der Waals surface area contributed by atoms with Crippen LogP contribution in [0, 0.1) is 19.7 Å². The maximum absolute atomic E-state index is 13.1. The number of esters is 1. The molecule has 0 bridgehead atoms. The number of nitrogens with one attached hydrogen (secondary N) is 2. The van der Waals surface area contributed by atoms with Gasteiger partial charge in [0, 0.05) is 5.69 Å². The van der Waals surface area contributed by atoms with Gasteiger partial charge in [0.2, 0.25) is 10.0 Å². The van der Waals surface area contributed by atoms with Gasteiger partial charge in [0.15, 0.2) is 12.4 Å². The highest BCUT2D eigenvalue weighted by atomic mass is 32.2. The predicted octanol–water partition coefficient (Wildman–Crippen LogP) is 1.28. The molecule has 1 aromatic heterocycles. The molecule has 0 aliphatic carbocycles. The molecule has 2 N–H and O–H groups in total. The van der Waals surface area contributed by atoms with Crippen LogP contribution in [0.15, 0.2) is 33.7 Å². The van der Waals surface area contributed by atoms with E-state index in [1.54, 1.807) is 0 Å². The molecule has 0 spiro atoms. The Morgan fingerprint density at radius 1 is 1.33 bits per heavy atom. The number of sulfonamides is 1. The van der Waals surface area contributed by atoms with E-state index in [2.05, 4.69) is 15.2 Å². The van der Waals surface area contributed by atoms with E-state index in [1.165, 1.54) is 39.0 Å². The van der Waals surface area contributed by atoms with Gasteiger partial charge in [0.25, 0.3) is 5.91 Å². The second-order valence-electron chi connectivity index (χ2n) is 5.66. The summed E-state index contributed by atoms with van der Waals surface area (Å²) in [6, 6.07) is 3.92. The largest absolute Gasteiger partial charge is 0.454 e. The number of rotatable bonds is 7. The number of halogens is 1. The Hall–Kier alpha value is -2.79. The highest BCUT2D eigenvalue weighted by molar-refractivity contribution is 7.89. The van der Waals surface area contributed by atoms with Gasteiger partial charge in [-0.3, -0.25) is 9.59 Å². The van der Waals surface area contributed by atoms with E-state index in [0.29, 0.717) is 0 Å². The summed E-state index contributed by atoms with van der Waals surface area (Å²) in [4.78, 5) is 23.5. The van der Waals surface area contributed by atoms with Gasteiger partial charge < -0.3 is 14.6 Å². The second-order valence-corrected chi connectivity index (χ2v) is 7.31. The van der Waals surface area contributed by atoms with Crippen LogP contribution < -0.4 is 10.0 Å². The van der Waals surface area contributed by atoms with Crippen LogP contribution in [0.2, 0.25) is 0 Å². The molecule has 1 amide bonds. The maximum Gasteiger partial charge on any atom is 0.324 e. The number of ether oxygens (including phenoxy) is 1. The number of aryl methyl sites for hydroxylation is 2. The molecule has 1 atom stereocenters. The van der Waals surface area contributed by atoms with Crippen molar-refractivity contribution in [1.82, 2.24) is 9.88 Å². The Labute approximate surface area is 154 Å². The molecule has 2 rings (SSSR count). The Morgan fingerprint density at radius 2 is 2.04 bits per heavy atom. The Kier molecular flexibility index (Phi) is 6.28. The minimum Gasteiger partial charge on any atom is -0.454 e. The Morgan fingerprint density at radius 3 is 2.63 bits per heavy atom. The Balaban J connectivity index is 1.91. The summed E-state index contributed by atoms with van der Waals surface area (Å²) >= 11 is 0. The Bertz CT molecular complexity index is 937. The molecule has 27 heavy (non-hydrogen) atoms. The fraction of sp³-hybridized carbons (Fsp3) is 0.312. The molecule has 1 aromatic carbocycles. The number of amides is 1. The second kappa shape index (κ2) is 8.27. The average Bonchev–Trinajstić information content (AvgIpc) is 2.91. The van der Waals surface area contributed by atoms with E-state index in [4.69, 9.17) is 9.26 Å². The summed E-state index contributed by atoms with van der Waals surface area (Å²) < 4.78 is 49.4. The minimum atomic E-state index is -4.06. The summed E-state index contributed by atoms with van der Waals surface area (Å²) in [7, 11) is -4.06. The maximum atomic E-state index is 13.1. The molecule has 1 heterocycles. The van der Waals surface area contributed by atoms with Crippen LogP contribution in [-0.4, -0.2) is 38.1 Å². The molecular weight excluding hydrogens is 381 g/mol. The zero-order valence-corrected chi connectivity index (χ0v) is 15.6. The van der Waals surface area contributed by atoms with E-state index in [1.807, 2.05) is 0 Å². The van der Waals surface area contributed by atoms with Gasteiger partial charge in [-0.25, -0.2) is 12.8 Å². The number of nitrogens with zero attached hydrogens (tertiary/aromatic N) is 1. The molecule has 0 saturated carbocycles. The van der Waals surface area contributed by atoms with Crippen molar-refractivity contribution < 1.29 is 31.7 Å². The molecule has 0 unspecified atom stereocenters. The summed E-state index contributed by atoms with van der Waals surface area (Å²) in [5.41, 5.74) is 0.346. The van der Waals surface area contributed by atoms with Gasteiger partial charge in [-0.2, -0.15) is 4.72 Å². The monoisotopic (exact) mass is 399 g/mol. The highest BCUT2D eigenvalue weighted by Gasteiger charge is 2.29. The topological polar surface area (TPSA) is 128 Å². The molecule has 0 fully saturated rings. The molecule has 0 radical (unpaired) electrons. The first-order valence-corrected chi connectivity index (χ1v) is 9.25. The number of anilines is 1. The van der Waals surface area contributed by atoms with Gasteiger partial charge in [0.1, 0.15) is 22.4 Å². The van der Waals surface area contributed by atoms with E-state index in [0.717, 1.165) is 6.07 Å². The van der Waals surface area contributed by atoms with Crippen molar-refractivity contribution in [1.29, 1.82) is 0 Å². The van der Waals surface area contributed by atoms with E-state index >= 15 is 0 Å². The molecule has 0 aliphatic rings. The summed E-state index contributed by atoms with van der Waals surface area (Å²) in [5.74, 6) is -2.11. The van der Waals surface area contributed by atoms with Gasteiger partial charge in [-0.05, 0) is 39.0 Å². The first kappa shape index (κ1) is 20.5. The lowest BCUT2D eigenvalue weighted by Crippen LogP contribution is -2.40. The fourth-order valence-corrected chi connectivity index (χ4v) is 3.74. The SMILES string of the molecule is Cc1noc(C)c1S(=O)(=O)N[C@@H](C)C(=O)OCC(=O)Nc1cccc(F)c1. The molecule has 0 aliphatic heterocycles. The van der Waals surface area contributed by atoms with Crippen LogP contribution in [0.1, 0.15) is 18.4 Å². The average molecular weight is 399 g/mol. The number of aromatic nitrogens is 1. The van der Waals surface area contributed by atoms with E-state index in [-0.39, 0.29) is 22.0 Å². The van der Waals surface area contributed by atoms with Crippen LogP contribution in [0.4, 0.5) is 10.1 Å². The third-order valence-corrected chi connectivity index (χ3v) is 5.16. The van der Waals surface area contributed by atoms with Gasteiger partial charge in [0.05, 0.1) is 0 Å². The molecule has 11 heteroatoms. The van der Waals surface area contributed by atoms with Gasteiger partial charge in [-0.15, -0.1) is 0 Å². The number of hydrogen-bond donors (Lipinski definition) is 2.